The van der Waals surface area contributed by atoms with Crippen molar-refractivity contribution in [1.82, 2.24) is 20.5 Å². The van der Waals surface area contributed by atoms with E-state index in [-0.39, 0.29) is 5.91 Å². The minimum absolute atomic E-state index is 0.181. The van der Waals surface area contributed by atoms with Gasteiger partial charge in [-0.3, -0.25) is 9.89 Å². The lowest BCUT2D eigenvalue weighted by molar-refractivity contribution is 0.0949. The molecule has 0 unspecified atom stereocenters. The van der Waals surface area contributed by atoms with E-state index in [0.717, 1.165) is 18.5 Å². The van der Waals surface area contributed by atoms with Crippen molar-refractivity contribution in [3.63, 3.8) is 0 Å². The van der Waals surface area contributed by atoms with Crippen molar-refractivity contribution in [1.29, 1.82) is 0 Å². The molecule has 1 aliphatic carbocycles. The number of amides is 1. The molecule has 0 atom stereocenters. The molecule has 1 amide bonds. The second-order valence-corrected chi connectivity index (χ2v) is 7.13. The Morgan fingerprint density at radius 1 is 1.33 bits per heavy atom. The maximum Gasteiger partial charge on any atom is 0.252 e. The minimum Gasteiger partial charge on any atom is -0.505 e. The summed E-state index contributed by atoms with van der Waals surface area (Å²) in [6.45, 7) is 2.49. The fourth-order valence-corrected chi connectivity index (χ4v) is 3.71. The number of fused-ring (bicyclic) bond motifs is 1. The number of aromatic nitrogens is 3. The van der Waals surface area contributed by atoms with Gasteiger partial charge < -0.3 is 10.4 Å². The van der Waals surface area contributed by atoms with Crippen LogP contribution in [-0.2, 0) is 0 Å². The molecule has 0 aliphatic heterocycles. The lowest BCUT2D eigenvalue weighted by atomic mass is 10.0. The summed E-state index contributed by atoms with van der Waals surface area (Å²) in [6.07, 6.45) is 4.73. The number of rotatable bonds is 4. The van der Waals surface area contributed by atoms with Crippen LogP contribution < -0.4 is 5.32 Å². The van der Waals surface area contributed by atoms with Crippen LogP contribution in [0.2, 0.25) is 0 Å². The third kappa shape index (κ3) is 3.37. The predicted octanol–water partition coefficient (Wildman–Crippen LogP) is 3.70. The standard InChI is InChI=1S/C20H21FN4O2/c1-11-18-14(20(27)22-10-12-4-2-3-5-12)9-16(23-19(18)25-24-11)13-6-7-17(26)15(21)8-13/h6-9,12,26H,2-5,10H2,1H3,(H,22,27)(H,23,24,25). The van der Waals surface area contributed by atoms with Crippen LogP contribution in [-0.4, -0.2) is 32.7 Å². The highest BCUT2D eigenvalue weighted by Gasteiger charge is 2.20. The largest absolute Gasteiger partial charge is 0.505 e. The van der Waals surface area contributed by atoms with E-state index in [1.165, 1.54) is 25.0 Å². The van der Waals surface area contributed by atoms with Gasteiger partial charge in [0.25, 0.3) is 5.91 Å². The average Bonchev–Trinajstić information content (AvgIpc) is 3.31. The lowest BCUT2D eigenvalue weighted by Crippen LogP contribution is -2.28. The summed E-state index contributed by atoms with van der Waals surface area (Å²) >= 11 is 0. The second kappa shape index (κ2) is 6.98. The zero-order valence-electron chi connectivity index (χ0n) is 15.1. The van der Waals surface area contributed by atoms with Gasteiger partial charge in [0.1, 0.15) is 0 Å². The molecule has 3 N–H and O–H groups in total. The molecule has 6 nitrogen and oxygen atoms in total. The van der Waals surface area contributed by atoms with Crippen LogP contribution in [0.25, 0.3) is 22.3 Å². The average molecular weight is 368 g/mol. The summed E-state index contributed by atoms with van der Waals surface area (Å²) < 4.78 is 13.8. The molecular formula is C20H21FN4O2. The molecule has 2 aromatic heterocycles. The van der Waals surface area contributed by atoms with Gasteiger partial charge in [-0.05, 0) is 49.9 Å². The highest BCUT2D eigenvalue weighted by atomic mass is 19.1. The number of carbonyl (C=O) groups excluding carboxylic acids is 1. The number of nitrogens with zero attached hydrogens (tertiary/aromatic N) is 2. The van der Waals surface area contributed by atoms with Crippen LogP contribution in [0.3, 0.4) is 0 Å². The molecule has 140 valence electrons. The van der Waals surface area contributed by atoms with Gasteiger partial charge in [-0.1, -0.05) is 12.8 Å². The Hall–Kier alpha value is -2.96. The first-order chi connectivity index (χ1) is 13.0. The Morgan fingerprint density at radius 2 is 2.11 bits per heavy atom. The number of nitrogens with one attached hydrogen (secondary N) is 2. The fraction of sp³-hybridized carbons (Fsp3) is 0.350. The van der Waals surface area contributed by atoms with E-state index < -0.39 is 11.6 Å². The van der Waals surface area contributed by atoms with Crippen molar-refractivity contribution in [2.24, 2.45) is 5.92 Å². The van der Waals surface area contributed by atoms with Gasteiger partial charge in [0.05, 0.1) is 16.6 Å². The van der Waals surface area contributed by atoms with Gasteiger partial charge in [-0.25, -0.2) is 9.37 Å². The van der Waals surface area contributed by atoms with Crippen LogP contribution in [0.5, 0.6) is 5.75 Å². The third-order valence-corrected chi connectivity index (χ3v) is 5.22. The van der Waals surface area contributed by atoms with E-state index in [1.807, 2.05) is 6.92 Å². The molecule has 1 saturated carbocycles. The van der Waals surface area contributed by atoms with Crippen LogP contribution in [0.1, 0.15) is 41.7 Å². The second-order valence-electron chi connectivity index (χ2n) is 7.13. The van der Waals surface area contributed by atoms with Crippen LogP contribution >= 0.6 is 0 Å². The third-order valence-electron chi connectivity index (χ3n) is 5.22. The lowest BCUT2D eigenvalue weighted by Gasteiger charge is -2.12. The van der Waals surface area contributed by atoms with Gasteiger partial charge in [0.2, 0.25) is 0 Å². The molecule has 1 aliphatic rings. The van der Waals surface area contributed by atoms with Gasteiger partial charge in [0.15, 0.2) is 17.2 Å². The maximum absolute atomic E-state index is 13.8. The topological polar surface area (TPSA) is 90.9 Å². The van der Waals surface area contributed by atoms with Crippen molar-refractivity contribution < 1.29 is 14.3 Å². The summed E-state index contributed by atoms with van der Waals surface area (Å²) in [4.78, 5) is 17.3. The molecule has 1 fully saturated rings. The number of hydrogen-bond donors (Lipinski definition) is 3. The summed E-state index contributed by atoms with van der Waals surface area (Å²) in [5, 5.41) is 20.1. The van der Waals surface area contributed by atoms with Gasteiger partial charge in [0, 0.05) is 17.8 Å². The highest BCUT2D eigenvalue weighted by molar-refractivity contribution is 6.07. The van der Waals surface area contributed by atoms with Crippen molar-refractivity contribution in [2.75, 3.05) is 6.54 Å². The molecule has 7 heteroatoms. The molecular weight excluding hydrogens is 347 g/mol. The van der Waals surface area contributed by atoms with Crippen LogP contribution in [0.15, 0.2) is 24.3 Å². The summed E-state index contributed by atoms with van der Waals surface area (Å²) in [5.74, 6) is -0.813. The van der Waals surface area contributed by atoms with Gasteiger partial charge >= 0.3 is 0 Å². The van der Waals surface area contributed by atoms with Crippen LogP contribution in [0.4, 0.5) is 4.39 Å². The van der Waals surface area contributed by atoms with E-state index >= 15 is 0 Å². The Morgan fingerprint density at radius 3 is 2.85 bits per heavy atom. The SMILES string of the molecule is Cc1[nH]nc2nc(-c3ccc(O)c(F)c3)cc(C(=O)NCC3CCCC3)c12. The number of halogens is 1. The van der Waals surface area contributed by atoms with E-state index in [9.17, 15) is 14.3 Å². The first kappa shape index (κ1) is 17.5. The van der Waals surface area contributed by atoms with Crippen molar-refractivity contribution in [3.8, 4) is 17.0 Å². The Bertz CT molecular complexity index is 1010. The normalized spacial score (nSPS) is 14.7. The quantitative estimate of drug-likeness (QED) is 0.655. The summed E-state index contributed by atoms with van der Waals surface area (Å²) in [7, 11) is 0. The Balaban J connectivity index is 1.72. The molecule has 0 spiro atoms. The minimum atomic E-state index is -0.736. The zero-order chi connectivity index (χ0) is 19.0. The van der Waals surface area contributed by atoms with E-state index in [0.29, 0.717) is 40.3 Å². The number of H-pyrrole nitrogens is 1. The van der Waals surface area contributed by atoms with E-state index in [2.05, 4.69) is 20.5 Å². The van der Waals surface area contributed by atoms with E-state index in [1.54, 1.807) is 12.1 Å². The Kier molecular flexibility index (Phi) is 4.51. The van der Waals surface area contributed by atoms with Crippen molar-refractivity contribution >= 4 is 16.9 Å². The molecule has 4 rings (SSSR count). The van der Waals surface area contributed by atoms with Crippen molar-refractivity contribution in [3.05, 3.63) is 41.3 Å². The van der Waals surface area contributed by atoms with Crippen molar-refractivity contribution in [2.45, 2.75) is 32.6 Å². The van der Waals surface area contributed by atoms with Gasteiger partial charge in [-0.2, -0.15) is 5.10 Å². The molecule has 3 aromatic rings. The predicted molar refractivity (Wildman–Crippen MR) is 100.0 cm³/mol. The molecule has 0 radical (unpaired) electrons. The number of benzene rings is 1. The number of pyridine rings is 1. The molecule has 0 saturated heterocycles. The zero-order valence-corrected chi connectivity index (χ0v) is 15.1. The molecule has 1 aromatic carbocycles. The summed E-state index contributed by atoms with van der Waals surface area (Å²) in [6, 6.07) is 5.68. The van der Waals surface area contributed by atoms with Gasteiger partial charge in [-0.15, -0.1) is 0 Å². The number of aryl methyl sites for hydroxylation is 1. The number of phenolic OH excluding ortho intramolecular Hbond substituents is 1. The molecule has 2 heterocycles. The van der Waals surface area contributed by atoms with Crippen LogP contribution in [0, 0.1) is 18.7 Å². The number of phenols is 1. The fourth-order valence-electron chi connectivity index (χ4n) is 3.71. The highest BCUT2D eigenvalue weighted by Crippen LogP contribution is 2.29. The number of aromatic amines is 1. The maximum atomic E-state index is 13.8. The first-order valence-electron chi connectivity index (χ1n) is 9.15. The smallest absolute Gasteiger partial charge is 0.252 e. The van der Waals surface area contributed by atoms with E-state index in [4.69, 9.17) is 0 Å². The molecule has 0 bridgehead atoms. The number of aromatic hydroxyl groups is 1. The Labute approximate surface area is 155 Å². The number of carbonyl (C=O) groups is 1. The summed E-state index contributed by atoms with van der Waals surface area (Å²) in [5.41, 5.74) is 2.53. The molecule has 27 heavy (non-hydrogen) atoms. The first-order valence-corrected chi connectivity index (χ1v) is 9.15. The number of hydrogen-bond acceptors (Lipinski definition) is 4. The monoisotopic (exact) mass is 368 g/mol.